The van der Waals surface area contributed by atoms with Crippen molar-refractivity contribution in [3.63, 3.8) is 0 Å². The molecule has 1 N–H and O–H groups in total. The summed E-state index contributed by atoms with van der Waals surface area (Å²) in [6.07, 6.45) is 1.94. The summed E-state index contributed by atoms with van der Waals surface area (Å²) in [4.78, 5) is 14.7. The van der Waals surface area contributed by atoms with E-state index in [0.717, 1.165) is 22.0 Å². The van der Waals surface area contributed by atoms with E-state index in [2.05, 4.69) is 11.4 Å². The summed E-state index contributed by atoms with van der Waals surface area (Å²) in [6.45, 7) is 0.212. The first-order valence-electron chi connectivity index (χ1n) is 6.48. The molecule has 0 aromatic heterocycles. The number of fused-ring (bicyclic) bond motifs is 1. The maximum absolute atomic E-state index is 11.9. The van der Waals surface area contributed by atoms with Gasteiger partial charge in [-0.3, -0.25) is 4.79 Å². The van der Waals surface area contributed by atoms with Crippen molar-refractivity contribution in [1.82, 2.24) is 0 Å². The van der Waals surface area contributed by atoms with Gasteiger partial charge in [-0.1, -0.05) is 18.2 Å². The zero-order valence-corrected chi connectivity index (χ0v) is 12.3. The number of hydrogen-bond donors (Lipinski definition) is 1. The first-order chi connectivity index (χ1) is 10.2. The van der Waals surface area contributed by atoms with Gasteiger partial charge in [0, 0.05) is 4.90 Å². The molecule has 2 aromatic carbocycles. The number of rotatable bonds is 2. The highest BCUT2D eigenvalue weighted by atomic mass is 32.2. The topological polar surface area (TPSA) is 56.1 Å². The SMILES string of the molecule is CSc1cccc(N2CC(=O)Nc3ccccc32)c1C#N. The molecule has 3 rings (SSSR count). The smallest absolute Gasteiger partial charge is 0.244 e. The minimum Gasteiger partial charge on any atom is -0.329 e. The van der Waals surface area contributed by atoms with E-state index in [1.54, 1.807) is 0 Å². The van der Waals surface area contributed by atoms with Crippen molar-refractivity contribution in [3.8, 4) is 6.07 Å². The Bertz CT molecular complexity index is 751. The summed E-state index contributed by atoms with van der Waals surface area (Å²) in [5.74, 6) is -0.0767. The van der Waals surface area contributed by atoms with Gasteiger partial charge in [-0.15, -0.1) is 11.8 Å². The van der Waals surface area contributed by atoms with Gasteiger partial charge in [0.1, 0.15) is 12.6 Å². The van der Waals surface area contributed by atoms with Crippen LogP contribution in [-0.2, 0) is 4.79 Å². The van der Waals surface area contributed by atoms with Crippen molar-refractivity contribution in [3.05, 3.63) is 48.0 Å². The summed E-state index contributed by atoms with van der Waals surface area (Å²) < 4.78 is 0. The lowest BCUT2D eigenvalue weighted by molar-refractivity contribution is -0.115. The van der Waals surface area contributed by atoms with Gasteiger partial charge in [0.15, 0.2) is 0 Å². The summed E-state index contributed by atoms with van der Waals surface area (Å²) in [7, 11) is 0. The van der Waals surface area contributed by atoms with Crippen molar-refractivity contribution in [2.45, 2.75) is 4.90 Å². The lowest BCUT2D eigenvalue weighted by atomic mass is 10.1. The number of nitrogens with one attached hydrogen (secondary N) is 1. The normalized spacial score (nSPS) is 13.3. The number of nitriles is 1. The second-order valence-corrected chi connectivity index (χ2v) is 5.47. The Kier molecular flexibility index (Phi) is 3.55. The van der Waals surface area contributed by atoms with Crippen molar-refractivity contribution in [1.29, 1.82) is 5.26 Å². The summed E-state index contributed by atoms with van der Waals surface area (Å²) in [6, 6.07) is 15.6. The molecule has 1 heterocycles. The second kappa shape index (κ2) is 5.51. The number of thioether (sulfide) groups is 1. The third kappa shape index (κ3) is 2.34. The van der Waals surface area contributed by atoms with Crippen LogP contribution in [-0.4, -0.2) is 18.7 Å². The van der Waals surface area contributed by atoms with Crippen LogP contribution in [0.2, 0.25) is 0 Å². The lowest BCUT2D eigenvalue weighted by Crippen LogP contribution is -2.35. The number of hydrogen-bond acceptors (Lipinski definition) is 4. The van der Waals surface area contributed by atoms with E-state index in [1.807, 2.05) is 53.6 Å². The molecule has 2 aromatic rings. The number of anilines is 3. The largest absolute Gasteiger partial charge is 0.329 e. The Hall–Kier alpha value is -2.45. The zero-order chi connectivity index (χ0) is 14.8. The average molecular weight is 295 g/mol. The maximum Gasteiger partial charge on any atom is 0.244 e. The maximum atomic E-state index is 11.9. The van der Waals surface area contributed by atoms with Crippen LogP contribution < -0.4 is 10.2 Å². The standard InChI is InChI=1S/C16H13N3OS/c1-21-15-8-4-7-13(11(15)9-17)19-10-16(20)18-12-5-2-3-6-14(12)19/h2-8H,10H2,1H3,(H,18,20). The van der Waals surface area contributed by atoms with E-state index in [4.69, 9.17) is 0 Å². The number of nitrogens with zero attached hydrogens (tertiary/aromatic N) is 2. The van der Waals surface area contributed by atoms with E-state index in [0.29, 0.717) is 5.56 Å². The Morgan fingerprint density at radius 3 is 2.71 bits per heavy atom. The molecule has 0 aliphatic carbocycles. The summed E-state index contributed by atoms with van der Waals surface area (Å²) >= 11 is 1.53. The number of amides is 1. The highest BCUT2D eigenvalue weighted by molar-refractivity contribution is 7.98. The van der Waals surface area contributed by atoms with Crippen LogP contribution in [0.3, 0.4) is 0 Å². The summed E-state index contributed by atoms with van der Waals surface area (Å²) in [5.41, 5.74) is 3.06. The summed E-state index contributed by atoms with van der Waals surface area (Å²) in [5, 5.41) is 12.3. The number of para-hydroxylation sites is 2. The third-order valence-electron chi connectivity index (χ3n) is 3.40. The number of carbonyl (C=O) groups is 1. The third-order valence-corrected chi connectivity index (χ3v) is 4.18. The fourth-order valence-corrected chi connectivity index (χ4v) is 3.04. The van der Waals surface area contributed by atoms with Crippen molar-refractivity contribution in [2.24, 2.45) is 0 Å². The molecule has 0 spiro atoms. The van der Waals surface area contributed by atoms with Crippen LogP contribution >= 0.6 is 11.8 Å². The van der Waals surface area contributed by atoms with Crippen LogP contribution in [0.1, 0.15) is 5.56 Å². The molecule has 5 heteroatoms. The Labute approximate surface area is 127 Å². The predicted molar refractivity (Wildman–Crippen MR) is 85.0 cm³/mol. The van der Waals surface area contributed by atoms with Gasteiger partial charge in [0.25, 0.3) is 0 Å². The highest BCUT2D eigenvalue weighted by Crippen LogP contribution is 2.38. The lowest BCUT2D eigenvalue weighted by Gasteiger charge is -2.31. The predicted octanol–water partition coefficient (Wildman–Crippen LogP) is 3.37. The molecular formula is C16H13N3OS. The van der Waals surface area contributed by atoms with Gasteiger partial charge in [-0.25, -0.2) is 0 Å². The van der Waals surface area contributed by atoms with Gasteiger partial charge in [-0.2, -0.15) is 5.26 Å². The van der Waals surface area contributed by atoms with E-state index >= 15 is 0 Å². The van der Waals surface area contributed by atoms with Crippen LogP contribution in [0, 0.1) is 11.3 Å². The van der Waals surface area contributed by atoms with Crippen LogP contribution in [0.5, 0.6) is 0 Å². The molecule has 0 saturated heterocycles. The molecule has 0 unspecified atom stereocenters. The fraction of sp³-hybridized carbons (Fsp3) is 0.125. The molecule has 1 aliphatic heterocycles. The van der Waals surface area contributed by atoms with Crippen LogP contribution in [0.15, 0.2) is 47.4 Å². The second-order valence-electron chi connectivity index (χ2n) is 4.62. The molecule has 104 valence electrons. The Balaban J connectivity index is 2.18. The first kappa shape index (κ1) is 13.5. The molecular weight excluding hydrogens is 282 g/mol. The van der Waals surface area contributed by atoms with Gasteiger partial charge in [-0.05, 0) is 30.5 Å². The molecule has 0 saturated carbocycles. The van der Waals surface area contributed by atoms with Gasteiger partial charge in [0.2, 0.25) is 5.91 Å². The van der Waals surface area contributed by atoms with Gasteiger partial charge < -0.3 is 10.2 Å². The molecule has 21 heavy (non-hydrogen) atoms. The molecule has 0 radical (unpaired) electrons. The van der Waals surface area contributed by atoms with Gasteiger partial charge >= 0.3 is 0 Å². The van der Waals surface area contributed by atoms with E-state index in [1.165, 1.54) is 11.8 Å². The van der Waals surface area contributed by atoms with Crippen LogP contribution in [0.4, 0.5) is 17.1 Å². The first-order valence-corrected chi connectivity index (χ1v) is 7.70. The number of carbonyl (C=O) groups excluding carboxylic acids is 1. The molecule has 4 nitrogen and oxygen atoms in total. The average Bonchev–Trinajstić information content (AvgIpc) is 2.53. The van der Waals surface area contributed by atoms with E-state index < -0.39 is 0 Å². The fourth-order valence-electron chi connectivity index (χ4n) is 2.48. The monoisotopic (exact) mass is 295 g/mol. The Morgan fingerprint density at radius 1 is 1.19 bits per heavy atom. The van der Waals surface area contributed by atoms with E-state index in [-0.39, 0.29) is 12.5 Å². The minimum absolute atomic E-state index is 0.0767. The van der Waals surface area contributed by atoms with Crippen LogP contribution in [0.25, 0.3) is 0 Å². The molecule has 0 fully saturated rings. The molecule has 1 amide bonds. The molecule has 0 atom stereocenters. The molecule has 1 aliphatic rings. The Morgan fingerprint density at radius 2 is 1.95 bits per heavy atom. The highest BCUT2D eigenvalue weighted by Gasteiger charge is 2.25. The zero-order valence-electron chi connectivity index (χ0n) is 11.5. The van der Waals surface area contributed by atoms with Crippen molar-refractivity contribution >= 4 is 34.7 Å². The van der Waals surface area contributed by atoms with Crippen molar-refractivity contribution in [2.75, 3.05) is 23.0 Å². The van der Waals surface area contributed by atoms with Gasteiger partial charge in [0.05, 0.1) is 22.6 Å². The van der Waals surface area contributed by atoms with E-state index in [9.17, 15) is 10.1 Å². The van der Waals surface area contributed by atoms with Crippen molar-refractivity contribution < 1.29 is 4.79 Å². The quantitative estimate of drug-likeness (QED) is 0.863. The minimum atomic E-state index is -0.0767. The number of benzene rings is 2. The molecule has 0 bridgehead atoms.